The van der Waals surface area contributed by atoms with Gasteiger partial charge in [0, 0.05) is 11.3 Å². The number of carbonyl (C=O) groups is 1. The molecule has 3 rings (SSSR count). The lowest BCUT2D eigenvalue weighted by Crippen LogP contribution is -2.08. The first-order chi connectivity index (χ1) is 14.6. The molecule has 0 atom stereocenters. The number of anilines is 4. The fraction of sp³-hybridized carbons (Fsp3) is 0.105. The van der Waals surface area contributed by atoms with Crippen molar-refractivity contribution in [1.82, 2.24) is 9.97 Å². The molecule has 0 fully saturated rings. The average molecular weight is 452 g/mol. The second kappa shape index (κ2) is 8.56. The molecule has 3 aromatic rings. The second-order valence-corrected chi connectivity index (χ2v) is 6.66. The van der Waals surface area contributed by atoms with Crippen molar-refractivity contribution < 1.29 is 22.9 Å². The smallest absolute Gasteiger partial charge is 0.334 e. The number of halogens is 4. The molecule has 0 saturated heterocycles. The molecule has 0 radical (unpaired) electrons. The largest absolute Gasteiger partial charge is 0.416 e. The molecule has 0 unspecified atom stereocenters. The minimum atomic E-state index is -4.63. The number of rotatable bonds is 6. The Hall–Kier alpha value is -3.73. The summed E-state index contributed by atoms with van der Waals surface area (Å²) in [6.45, 7) is 1.40. The molecule has 8 nitrogen and oxygen atoms in total. The van der Waals surface area contributed by atoms with E-state index in [1.54, 1.807) is 0 Å². The Bertz CT molecular complexity index is 1150. The molecule has 0 amide bonds. The van der Waals surface area contributed by atoms with E-state index in [1.165, 1.54) is 31.2 Å². The number of alkyl halides is 3. The fourth-order valence-corrected chi connectivity index (χ4v) is 2.75. The predicted octanol–water partition coefficient (Wildman–Crippen LogP) is 5.75. The molecule has 0 aliphatic rings. The first kappa shape index (κ1) is 22.0. The van der Waals surface area contributed by atoms with Gasteiger partial charge in [0.1, 0.15) is 6.33 Å². The van der Waals surface area contributed by atoms with Gasteiger partial charge in [0.2, 0.25) is 11.6 Å². The van der Waals surface area contributed by atoms with Crippen LogP contribution in [-0.4, -0.2) is 20.7 Å². The fourth-order valence-electron chi connectivity index (χ4n) is 2.58. The van der Waals surface area contributed by atoms with Gasteiger partial charge >= 0.3 is 11.9 Å². The van der Waals surface area contributed by atoms with E-state index < -0.39 is 22.4 Å². The zero-order valence-electron chi connectivity index (χ0n) is 15.7. The van der Waals surface area contributed by atoms with Crippen LogP contribution in [0.2, 0.25) is 5.02 Å². The third kappa shape index (κ3) is 5.07. The van der Waals surface area contributed by atoms with Crippen LogP contribution in [0, 0.1) is 10.1 Å². The number of nitro groups is 1. The number of aromatic nitrogens is 2. The number of Topliss-reactive ketones (excluding diaryl/α,β-unsaturated/α-hetero) is 1. The summed E-state index contributed by atoms with van der Waals surface area (Å²) in [4.78, 5) is 29.9. The van der Waals surface area contributed by atoms with Gasteiger partial charge in [-0.2, -0.15) is 13.2 Å². The Kier molecular flexibility index (Phi) is 6.07. The van der Waals surface area contributed by atoms with E-state index in [2.05, 4.69) is 20.6 Å². The minimum absolute atomic E-state index is 0.0877. The van der Waals surface area contributed by atoms with Gasteiger partial charge in [-0.3, -0.25) is 14.9 Å². The zero-order valence-corrected chi connectivity index (χ0v) is 16.5. The molecule has 31 heavy (non-hydrogen) atoms. The Labute approximate surface area is 178 Å². The van der Waals surface area contributed by atoms with E-state index in [9.17, 15) is 28.1 Å². The first-order valence-corrected chi connectivity index (χ1v) is 8.95. The summed E-state index contributed by atoms with van der Waals surface area (Å²) in [6, 6.07) is 8.65. The van der Waals surface area contributed by atoms with Gasteiger partial charge in [-0.25, -0.2) is 9.97 Å². The van der Waals surface area contributed by atoms with Crippen molar-refractivity contribution in [3.05, 3.63) is 75.1 Å². The highest BCUT2D eigenvalue weighted by atomic mass is 35.5. The van der Waals surface area contributed by atoms with Crippen LogP contribution in [0.15, 0.2) is 48.8 Å². The summed E-state index contributed by atoms with van der Waals surface area (Å²) in [5, 5.41) is 16.8. The monoisotopic (exact) mass is 451 g/mol. The summed E-state index contributed by atoms with van der Waals surface area (Å²) < 4.78 is 39.0. The van der Waals surface area contributed by atoms with Crippen LogP contribution >= 0.6 is 11.6 Å². The topological polar surface area (TPSA) is 110 Å². The number of nitrogens with zero attached hydrogens (tertiary/aromatic N) is 3. The van der Waals surface area contributed by atoms with E-state index in [-0.39, 0.29) is 28.1 Å². The molecular weight excluding hydrogens is 439 g/mol. The van der Waals surface area contributed by atoms with E-state index in [1.807, 2.05) is 0 Å². The maximum atomic E-state index is 13.0. The standard InChI is InChI=1S/C19H13ClF3N5O3/c1-10(29)11-2-5-13(6-3-11)26-17-16(28(30)31)18(25-9-24-17)27-15-8-12(19(21,22)23)4-7-14(15)20/h2-9H,1H3,(H2,24,25,26,27). The molecule has 1 heterocycles. The van der Waals surface area contributed by atoms with Gasteiger partial charge in [0.15, 0.2) is 5.78 Å². The summed E-state index contributed by atoms with van der Waals surface area (Å²) in [6.07, 6.45) is -3.62. The van der Waals surface area contributed by atoms with Gasteiger partial charge in [-0.05, 0) is 49.4 Å². The molecule has 160 valence electrons. The number of hydrogen-bond donors (Lipinski definition) is 2. The predicted molar refractivity (Wildman–Crippen MR) is 108 cm³/mol. The Morgan fingerprint density at radius 3 is 2.23 bits per heavy atom. The number of carbonyl (C=O) groups excluding carboxylic acids is 1. The molecule has 0 bridgehead atoms. The zero-order chi connectivity index (χ0) is 22.8. The quantitative estimate of drug-likeness (QED) is 0.279. The average Bonchev–Trinajstić information content (AvgIpc) is 2.69. The van der Waals surface area contributed by atoms with Gasteiger partial charge in [0.25, 0.3) is 0 Å². The lowest BCUT2D eigenvalue weighted by atomic mass is 10.1. The summed E-state index contributed by atoms with van der Waals surface area (Å²) in [7, 11) is 0. The van der Waals surface area contributed by atoms with E-state index in [0.29, 0.717) is 11.3 Å². The SMILES string of the molecule is CC(=O)c1ccc(Nc2ncnc(Nc3cc(C(F)(F)F)ccc3Cl)c2[N+](=O)[O-])cc1. The number of ketones is 1. The third-order valence-corrected chi connectivity index (χ3v) is 4.44. The Morgan fingerprint density at radius 1 is 1.06 bits per heavy atom. The third-order valence-electron chi connectivity index (χ3n) is 4.11. The maximum absolute atomic E-state index is 13.0. The molecule has 0 aliphatic carbocycles. The highest BCUT2D eigenvalue weighted by molar-refractivity contribution is 6.33. The molecule has 2 N–H and O–H groups in total. The number of hydrogen-bond acceptors (Lipinski definition) is 7. The highest BCUT2D eigenvalue weighted by Crippen LogP contribution is 2.37. The maximum Gasteiger partial charge on any atom is 0.416 e. The Morgan fingerprint density at radius 2 is 1.68 bits per heavy atom. The van der Waals surface area contributed by atoms with Crippen molar-refractivity contribution >= 4 is 46.1 Å². The van der Waals surface area contributed by atoms with Gasteiger partial charge in [-0.1, -0.05) is 11.6 Å². The molecule has 0 saturated carbocycles. The van der Waals surface area contributed by atoms with Crippen molar-refractivity contribution in [2.75, 3.05) is 10.6 Å². The highest BCUT2D eigenvalue weighted by Gasteiger charge is 2.31. The van der Waals surface area contributed by atoms with E-state index in [4.69, 9.17) is 11.6 Å². The van der Waals surface area contributed by atoms with Gasteiger partial charge < -0.3 is 10.6 Å². The van der Waals surface area contributed by atoms with E-state index in [0.717, 1.165) is 24.5 Å². The van der Waals surface area contributed by atoms with Crippen LogP contribution in [0.1, 0.15) is 22.8 Å². The van der Waals surface area contributed by atoms with Crippen LogP contribution in [0.4, 0.5) is 41.9 Å². The number of benzene rings is 2. The van der Waals surface area contributed by atoms with Gasteiger partial charge in [-0.15, -0.1) is 0 Å². The minimum Gasteiger partial charge on any atom is -0.334 e. The Balaban J connectivity index is 1.98. The number of nitrogens with one attached hydrogen (secondary N) is 2. The molecule has 0 spiro atoms. The van der Waals surface area contributed by atoms with Crippen LogP contribution < -0.4 is 10.6 Å². The van der Waals surface area contributed by atoms with Crippen LogP contribution in [0.3, 0.4) is 0 Å². The molecular formula is C19H13ClF3N5O3. The summed E-state index contributed by atoms with van der Waals surface area (Å²) in [5.74, 6) is -0.714. The molecule has 12 heteroatoms. The first-order valence-electron chi connectivity index (χ1n) is 8.57. The van der Waals surface area contributed by atoms with Crippen LogP contribution in [0.25, 0.3) is 0 Å². The van der Waals surface area contributed by atoms with E-state index >= 15 is 0 Å². The molecule has 2 aromatic carbocycles. The van der Waals surface area contributed by atoms with Crippen molar-refractivity contribution in [2.24, 2.45) is 0 Å². The van der Waals surface area contributed by atoms with Crippen LogP contribution in [-0.2, 0) is 6.18 Å². The lowest BCUT2D eigenvalue weighted by molar-refractivity contribution is -0.383. The van der Waals surface area contributed by atoms with Crippen molar-refractivity contribution in [3.63, 3.8) is 0 Å². The van der Waals surface area contributed by atoms with Crippen molar-refractivity contribution in [3.8, 4) is 0 Å². The summed E-state index contributed by atoms with van der Waals surface area (Å²) >= 11 is 5.95. The summed E-state index contributed by atoms with van der Waals surface area (Å²) in [5.41, 5.74) is -0.958. The normalized spacial score (nSPS) is 11.1. The molecule has 1 aromatic heterocycles. The second-order valence-electron chi connectivity index (χ2n) is 6.25. The van der Waals surface area contributed by atoms with Crippen molar-refractivity contribution in [1.29, 1.82) is 0 Å². The van der Waals surface area contributed by atoms with Gasteiger partial charge in [0.05, 0.1) is 21.2 Å². The molecule has 0 aliphatic heterocycles. The van der Waals surface area contributed by atoms with Crippen molar-refractivity contribution in [2.45, 2.75) is 13.1 Å². The van der Waals surface area contributed by atoms with Crippen LogP contribution in [0.5, 0.6) is 0 Å². The lowest BCUT2D eigenvalue weighted by Gasteiger charge is -2.13.